The van der Waals surface area contributed by atoms with Gasteiger partial charge in [-0.15, -0.1) is 0 Å². The Morgan fingerprint density at radius 1 is 0.966 bits per heavy atom. The molecule has 2 aliphatic carbocycles. The van der Waals surface area contributed by atoms with Crippen LogP contribution in [-0.2, 0) is 28.8 Å². The van der Waals surface area contributed by atoms with E-state index in [0.717, 1.165) is 51.4 Å². The van der Waals surface area contributed by atoms with E-state index in [0.29, 0.717) is 32.4 Å². The molecule has 6 amide bonds. The van der Waals surface area contributed by atoms with E-state index in [1.54, 1.807) is 4.90 Å². The van der Waals surface area contributed by atoms with E-state index in [9.17, 15) is 28.8 Å². The summed E-state index contributed by atoms with van der Waals surface area (Å²) in [7, 11) is 1.87. The zero-order valence-electron chi connectivity index (χ0n) is 36.6. The molecule has 5 atom stereocenters. The third kappa shape index (κ3) is 12.3. The van der Waals surface area contributed by atoms with Crippen LogP contribution < -0.4 is 21.3 Å². The van der Waals surface area contributed by atoms with Gasteiger partial charge in [0.25, 0.3) is 11.8 Å². The lowest BCUT2D eigenvalue weighted by Crippen LogP contribution is -2.63. The first kappa shape index (κ1) is 47.2. The van der Waals surface area contributed by atoms with E-state index in [1.807, 2.05) is 53.5 Å². The number of rotatable bonds is 21. The Bertz CT molecular complexity index is 1630. The number of likely N-dealkylation sites (tertiary alicyclic amines) is 1. The van der Waals surface area contributed by atoms with Gasteiger partial charge in [0.1, 0.15) is 29.5 Å². The van der Waals surface area contributed by atoms with Gasteiger partial charge in [-0.3, -0.25) is 43.4 Å². The summed E-state index contributed by atoms with van der Waals surface area (Å²) >= 11 is 0. The fourth-order valence-corrected chi connectivity index (χ4v) is 8.33. The highest BCUT2D eigenvalue weighted by Crippen LogP contribution is 2.37. The standard InChI is InChI=1S/C43H69N9O7/c1-9-11-23-50(8)43(51(10-2)27-53)24-33(38(56)47-31(20-17-28(3)4)35(54)40(58)46-30-18-19-30)52(26-43)41(59)36(42(5,6)7)49-39(57)34(29-15-13-12-14-16-29)48-37(55)32-25-44-21-22-45-32/h21-22,25,27-31,33-34,36H,9-20,23-24,26H2,1-8H3,(H,46,58)(H,47,56)(H,48,55)(H,49,57)/t31?,33-,34-,36+,43?/m0/s1. The Morgan fingerprint density at radius 3 is 2.22 bits per heavy atom. The minimum atomic E-state index is -1.17. The van der Waals surface area contributed by atoms with Crippen molar-refractivity contribution in [2.24, 2.45) is 17.3 Å². The van der Waals surface area contributed by atoms with E-state index >= 15 is 4.79 Å². The van der Waals surface area contributed by atoms with Crippen molar-refractivity contribution in [3.63, 3.8) is 0 Å². The number of nitrogens with one attached hydrogen (secondary N) is 4. The molecule has 1 aromatic heterocycles. The first-order chi connectivity index (χ1) is 28.0. The van der Waals surface area contributed by atoms with Gasteiger partial charge in [0.05, 0.1) is 18.8 Å². The molecule has 0 radical (unpaired) electrons. The monoisotopic (exact) mass is 824 g/mol. The van der Waals surface area contributed by atoms with Crippen LogP contribution in [0.25, 0.3) is 0 Å². The van der Waals surface area contributed by atoms with Crippen molar-refractivity contribution < 1.29 is 33.6 Å². The number of Topliss-reactive ketones (excluding diaryl/α,β-unsaturated/α-hetero) is 1. The summed E-state index contributed by atoms with van der Waals surface area (Å²) in [5.74, 6) is -3.75. The largest absolute Gasteiger partial charge is 0.347 e. The van der Waals surface area contributed by atoms with Gasteiger partial charge in [-0.05, 0) is 76.2 Å². The zero-order chi connectivity index (χ0) is 43.5. The Hall–Kier alpha value is -4.47. The molecule has 2 heterocycles. The van der Waals surface area contributed by atoms with Crippen LogP contribution in [0.15, 0.2) is 18.6 Å². The fourth-order valence-electron chi connectivity index (χ4n) is 8.33. The summed E-state index contributed by atoms with van der Waals surface area (Å²) in [6, 6.07) is -4.50. The minimum absolute atomic E-state index is 0.0282. The molecule has 0 bridgehead atoms. The summed E-state index contributed by atoms with van der Waals surface area (Å²) in [6.07, 6.45) is 13.2. The number of ketones is 1. The van der Waals surface area contributed by atoms with Gasteiger partial charge in [0, 0.05) is 37.9 Å². The number of carbonyl (C=O) groups is 7. The predicted octanol–water partition coefficient (Wildman–Crippen LogP) is 2.96. The lowest BCUT2D eigenvalue weighted by Gasteiger charge is -2.45. The van der Waals surface area contributed by atoms with Crippen LogP contribution in [-0.4, -0.2) is 129 Å². The van der Waals surface area contributed by atoms with E-state index in [-0.39, 0.29) is 43.0 Å². The molecule has 59 heavy (non-hydrogen) atoms. The van der Waals surface area contributed by atoms with Crippen LogP contribution in [0.1, 0.15) is 136 Å². The number of carbonyl (C=O) groups excluding carboxylic acids is 7. The lowest BCUT2D eigenvalue weighted by molar-refractivity contribution is -0.146. The number of likely N-dealkylation sites (N-methyl/N-ethyl adjacent to an activating group) is 2. The zero-order valence-corrected chi connectivity index (χ0v) is 36.6. The fraction of sp³-hybridized carbons (Fsp3) is 0.744. The second-order valence-corrected chi connectivity index (χ2v) is 18.2. The molecule has 1 aliphatic heterocycles. The maximum Gasteiger partial charge on any atom is 0.289 e. The second-order valence-electron chi connectivity index (χ2n) is 18.2. The Morgan fingerprint density at radius 2 is 1.66 bits per heavy atom. The molecule has 0 aromatic carbocycles. The van der Waals surface area contributed by atoms with Crippen LogP contribution in [0.5, 0.6) is 0 Å². The van der Waals surface area contributed by atoms with Crippen molar-refractivity contribution in [3.05, 3.63) is 24.3 Å². The average molecular weight is 824 g/mol. The molecule has 1 saturated heterocycles. The maximum atomic E-state index is 15.2. The topological polar surface area (TPSA) is 203 Å². The molecule has 2 unspecified atom stereocenters. The highest BCUT2D eigenvalue weighted by atomic mass is 16.2. The Kier molecular flexibility index (Phi) is 16.9. The summed E-state index contributed by atoms with van der Waals surface area (Å²) < 4.78 is 0. The molecule has 328 valence electrons. The number of aromatic nitrogens is 2. The predicted molar refractivity (Wildman–Crippen MR) is 222 cm³/mol. The molecular weight excluding hydrogens is 755 g/mol. The molecule has 16 nitrogen and oxygen atoms in total. The van der Waals surface area contributed by atoms with Crippen molar-refractivity contribution in [2.45, 2.75) is 161 Å². The molecule has 4 N–H and O–H groups in total. The summed E-state index contributed by atoms with van der Waals surface area (Å²) in [5, 5.41) is 11.5. The maximum absolute atomic E-state index is 15.2. The van der Waals surface area contributed by atoms with E-state index in [1.165, 1.54) is 23.5 Å². The third-order valence-electron chi connectivity index (χ3n) is 12.2. The second kappa shape index (κ2) is 21.2. The first-order valence-electron chi connectivity index (χ1n) is 21.7. The van der Waals surface area contributed by atoms with Crippen molar-refractivity contribution in [2.75, 3.05) is 26.7 Å². The van der Waals surface area contributed by atoms with Crippen molar-refractivity contribution in [1.29, 1.82) is 0 Å². The van der Waals surface area contributed by atoms with Gasteiger partial charge in [0.2, 0.25) is 29.9 Å². The van der Waals surface area contributed by atoms with Gasteiger partial charge in [-0.25, -0.2) is 4.98 Å². The van der Waals surface area contributed by atoms with Crippen LogP contribution in [0.4, 0.5) is 0 Å². The Labute approximate surface area is 350 Å². The van der Waals surface area contributed by atoms with Crippen LogP contribution in [0.2, 0.25) is 0 Å². The van der Waals surface area contributed by atoms with E-state index < -0.39 is 70.6 Å². The summed E-state index contributed by atoms with van der Waals surface area (Å²) in [4.78, 5) is 110. The lowest BCUT2D eigenvalue weighted by atomic mass is 9.82. The van der Waals surface area contributed by atoms with Crippen molar-refractivity contribution in [3.8, 4) is 0 Å². The SMILES string of the molecule is CCCCN(C)C1(N(C=O)CC)C[C@@H](C(=O)NC(CCC(C)C)C(=O)C(=O)NC2CC2)N(C(=O)[C@@H](NC(=O)[C@@H](NC(=O)c2cnccn2)C2CCCCC2)C(C)(C)C)C1. The number of hydrogen-bond donors (Lipinski definition) is 4. The van der Waals surface area contributed by atoms with Crippen molar-refractivity contribution >= 4 is 41.7 Å². The quantitative estimate of drug-likeness (QED) is 0.0812. The van der Waals surface area contributed by atoms with Crippen LogP contribution in [0.3, 0.4) is 0 Å². The summed E-state index contributed by atoms with van der Waals surface area (Å²) in [5.41, 5.74) is -1.93. The van der Waals surface area contributed by atoms with Crippen LogP contribution >= 0.6 is 0 Å². The van der Waals surface area contributed by atoms with Gasteiger partial charge in [-0.1, -0.05) is 67.2 Å². The number of unbranched alkanes of at least 4 members (excludes halogenated alkanes) is 1. The van der Waals surface area contributed by atoms with Crippen LogP contribution in [0, 0.1) is 17.3 Å². The molecule has 0 spiro atoms. The molecular formula is C43H69N9O7. The van der Waals surface area contributed by atoms with Gasteiger partial charge >= 0.3 is 0 Å². The molecule has 1 aromatic rings. The van der Waals surface area contributed by atoms with E-state index in [2.05, 4.69) is 38.2 Å². The third-order valence-corrected chi connectivity index (χ3v) is 12.2. The first-order valence-corrected chi connectivity index (χ1v) is 21.7. The molecule has 2 saturated carbocycles. The summed E-state index contributed by atoms with van der Waals surface area (Å²) in [6.45, 7) is 14.1. The average Bonchev–Trinajstić information content (AvgIpc) is 3.94. The number of nitrogens with zero attached hydrogens (tertiary/aromatic N) is 5. The highest BCUT2D eigenvalue weighted by molar-refractivity contribution is 6.38. The number of amides is 6. The molecule has 3 aliphatic rings. The molecule has 3 fully saturated rings. The van der Waals surface area contributed by atoms with Gasteiger partial charge < -0.3 is 31.1 Å². The smallest absolute Gasteiger partial charge is 0.289 e. The normalized spacial score (nSPS) is 21.3. The Balaban J connectivity index is 1.73. The van der Waals surface area contributed by atoms with Gasteiger partial charge in [0.15, 0.2) is 0 Å². The number of hydrogen-bond acceptors (Lipinski definition) is 10. The van der Waals surface area contributed by atoms with Gasteiger partial charge in [-0.2, -0.15) is 0 Å². The molecule has 16 heteroatoms. The minimum Gasteiger partial charge on any atom is -0.347 e. The van der Waals surface area contributed by atoms with E-state index in [4.69, 9.17) is 0 Å². The van der Waals surface area contributed by atoms with Crippen molar-refractivity contribution in [1.82, 2.24) is 45.9 Å². The molecule has 4 rings (SSSR count). The highest BCUT2D eigenvalue weighted by Gasteiger charge is 2.56.